The van der Waals surface area contributed by atoms with E-state index in [0.29, 0.717) is 13.1 Å². The molecule has 2 aromatic rings. The minimum Gasteiger partial charge on any atom is -0.352 e. The van der Waals surface area contributed by atoms with E-state index < -0.39 is 0 Å². The Labute approximate surface area is 134 Å². The highest BCUT2D eigenvalue weighted by molar-refractivity contribution is 5.90. The van der Waals surface area contributed by atoms with E-state index in [2.05, 4.69) is 20.8 Å². The molecule has 0 aliphatic carbocycles. The molecule has 3 rings (SSSR count). The monoisotopic (exact) mass is 313 g/mol. The number of hydrogen-bond donors (Lipinski definition) is 3. The van der Waals surface area contributed by atoms with Crippen LogP contribution in [0.5, 0.6) is 0 Å². The molecule has 23 heavy (non-hydrogen) atoms. The average Bonchev–Trinajstić information content (AvgIpc) is 3.19. The highest BCUT2D eigenvalue weighted by atomic mass is 16.2. The van der Waals surface area contributed by atoms with Crippen LogP contribution in [0.3, 0.4) is 0 Å². The standard InChI is InChI=1S/C16H19N5O2/c1-11(22)18-14-7-9-21(10-14)16(23)19-13-4-2-12(3-5-13)15-6-8-17-20-15/h2-6,8,14H,7,9-10H2,1H3,(H,17,20)(H,18,22)(H,19,23)/t14-/m0/s1. The molecular formula is C16H19N5O2. The fraction of sp³-hybridized carbons (Fsp3) is 0.312. The van der Waals surface area contributed by atoms with E-state index in [4.69, 9.17) is 0 Å². The first kappa shape index (κ1) is 15.1. The molecular weight excluding hydrogens is 294 g/mol. The van der Waals surface area contributed by atoms with Crippen molar-refractivity contribution in [3.8, 4) is 11.3 Å². The minimum atomic E-state index is -0.146. The van der Waals surface area contributed by atoms with Gasteiger partial charge in [0.15, 0.2) is 0 Å². The summed E-state index contributed by atoms with van der Waals surface area (Å²) in [5, 5.41) is 12.5. The van der Waals surface area contributed by atoms with Crippen LogP contribution in [0.2, 0.25) is 0 Å². The van der Waals surface area contributed by atoms with Crippen molar-refractivity contribution in [2.75, 3.05) is 18.4 Å². The second-order valence-electron chi connectivity index (χ2n) is 5.61. The van der Waals surface area contributed by atoms with E-state index in [-0.39, 0.29) is 18.0 Å². The predicted octanol–water partition coefficient (Wildman–Crippen LogP) is 1.82. The van der Waals surface area contributed by atoms with Gasteiger partial charge in [0.1, 0.15) is 0 Å². The van der Waals surface area contributed by atoms with Gasteiger partial charge in [-0.2, -0.15) is 5.10 Å². The molecule has 1 aromatic heterocycles. The number of aromatic nitrogens is 2. The maximum atomic E-state index is 12.2. The lowest BCUT2D eigenvalue weighted by molar-refractivity contribution is -0.119. The van der Waals surface area contributed by atoms with Gasteiger partial charge >= 0.3 is 6.03 Å². The number of nitrogens with one attached hydrogen (secondary N) is 3. The number of urea groups is 1. The summed E-state index contributed by atoms with van der Waals surface area (Å²) < 4.78 is 0. The molecule has 7 nitrogen and oxygen atoms in total. The van der Waals surface area contributed by atoms with E-state index in [1.807, 2.05) is 30.3 Å². The number of amides is 3. The van der Waals surface area contributed by atoms with Gasteiger partial charge in [0.25, 0.3) is 0 Å². The topological polar surface area (TPSA) is 90.1 Å². The van der Waals surface area contributed by atoms with Crippen molar-refractivity contribution in [3.05, 3.63) is 36.5 Å². The number of likely N-dealkylation sites (tertiary alicyclic amines) is 1. The Morgan fingerprint density at radius 2 is 2.04 bits per heavy atom. The fourth-order valence-corrected chi connectivity index (χ4v) is 2.70. The maximum Gasteiger partial charge on any atom is 0.321 e. The van der Waals surface area contributed by atoms with Crippen LogP contribution in [0.1, 0.15) is 13.3 Å². The summed E-state index contributed by atoms with van der Waals surface area (Å²) >= 11 is 0. The molecule has 2 heterocycles. The minimum absolute atomic E-state index is 0.0426. The Hall–Kier alpha value is -2.83. The molecule has 3 N–H and O–H groups in total. The van der Waals surface area contributed by atoms with Gasteiger partial charge in [-0.3, -0.25) is 9.89 Å². The molecule has 0 radical (unpaired) electrons. The first-order valence-electron chi connectivity index (χ1n) is 7.54. The zero-order valence-electron chi connectivity index (χ0n) is 12.9. The summed E-state index contributed by atoms with van der Waals surface area (Å²) in [6, 6.07) is 9.35. The first-order chi connectivity index (χ1) is 11.1. The van der Waals surface area contributed by atoms with E-state index in [9.17, 15) is 9.59 Å². The molecule has 1 aliphatic rings. The Morgan fingerprint density at radius 3 is 2.70 bits per heavy atom. The molecule has 1 atom stereocenters. The Morgan fingerprint density at radius 1 is 1.26 bits per heavy atom. The number of aromatic amines is 1. The second kappa shape index (κ2) is 6.51. The highest BCUT2D eigenvalue weighted by Gasteiger charge is 2.26. The van der Waals surface area contributed by atoms with Gasteiger partial charge in [-0.25, -0.2) is 4.79 Å². The molecule has 0 bridgehead atoms. The third-order valence-corrected chi connectivity index (χ3v) is 3.83. The van der Waals surface area contributed by atoms with E-state index in [1.165, 1.54) is 6.92 Å². The molecule has 1 saturated heterocycles. The van der Waals surface area contributed by atoms with Crippen LogP contribution in [-0.4, -0.2) is 46.2 Å². The number of anilines is 1. The molecule has 1 aliphatic heterocycles. The predicted molar refractivity (Wildman–Crippen MR) is 86.8 cm³/mol. The van der Waals surface area contributed by atoms with Gasteiger partial charge in [0.05, 0.1) is 5.69 Å². The molecule has 1 fully saturated rings. The van der Waals surface area contributed by atoms with Crippen molar-refractivity contribution < 1.29 is 9.59 Å². The summed E-state index contributed by atoms with van der Waals surface area (Å²) in [5.41, 5.74) is 2.68. The van der Waals surface area contributed by atoms with Crippen molar-refractivity contribution >= 4 is 17.6 Å². The number of hydrogen-bond acceptors (Lipinski definition) is 3. The third kappa shape index (κ3) is 3.68. The quantitative estimate of drug-likeness (QED) is 0.807. The van der Waals surface area contributed by atoms with Gasteiger partial charge in [-0.05, 0) is 30.2 Å². The SMILES string of the molecule is CC(=O)N[C@H]1CCN(C(=O)Nc2ccc(-c3ccn[nH]3)cc2)C1. The molecule has 0 unspecified atom stereocenters. The van der Waals surface area contributed by atoms with Crippen molar-refractivity contribution in [2.24, 2.45) is 0 Å². The number of rotatable bonds is 3. The highest BCUT2D eigenvalue weighted by Crippen LogP contribution is 2.19. The van der Waals surface area contributed by atoms with Crippen molar-refractivity contribution in [3.63, 3.8) is 0 Å². The Kier molecular flexibility index (Phi) is 4.27. The van der Waals surface area contributed by atoms with Crippen molar-refractivity contribution in [1.29, 1.82) is 0 Å². The van der Waals surface area contributed by atoms with Crippen LogP contribution in [-0.2, 0) is 4.79 Å². The number of carbonyl (C=O) groups is 2. The number of nitrogens with zero attached hydrogens (tertiary/aromatic N) is 2. The number of H-pyrrole nitrogens is 1. The smallest absolute Gasteiger partial charge is 0.321 e. The fourth-order valence-electron chi connectivity index (χ4n) is 2.70. The number of carbonyl (C=O) groups excluding carboxylic acids is 2. The largest absolute Gasteiger partial charge is 0.352 e. The molecule has 0 spiro atoms. The first-order valence-corrected chi connectivity index (χ1v) is 7.54. The second-order valence-corrected chi connectivity index (χ2v) is 5.61. The van der Waals surface area contributed by atoms with E-state index in [0.717, 1.165) is 23.4 Å². The van der Waals surface area contributed by atoms with Gasteiger partial charge < -0.3 is 15.5 Å². The third-order valence-electron chi connectivity index (χ3n) is 3.83. The van der Waals surface area contributed by atoms with Crippen LogP contribution >= 0.6 is 0 Å². The van der Waals surface area contributed by atoms with Crippen molar-refractivity contribution in [2.45, 2.75) is 19.4 Å². The summed E-state index contributed by atoms with van der Waals surface area (Å²) in [6.07, 6.45) is 2.48. The van der Waals surface area contributed by atoms with E-state index in [1.54, 1.807) is 11.1 Å². The van der Waals surface area contributed by atoms with Crippen LogP contribution in [0, 0.1) is 0 Å². The van der Waals surface area contributed by atoms with Gasteiger partial charge in [-0.1, -0.05) is 12.1 Å². The van der Waals surface area contributed by atoms with Gasteiger partial charge in [0, 0.05) is 37.9 Å². The summed E-state index contributed by atoms with van der Waals surface area (Å²) in [5.74, 6) is -0.0633. The molecule has 3 amide bonds. The molecule has 0 saturated carbocycles. The lowest BCUT2D eigenvalue weighted by atomic mass is 10.1. The Balaban J connectivity index is 1.57. The molecule has 120 valence electrons. The lowest BCUT2D eigenvalue weighted by Crippen LogP contribution is -2.38. The van der Waals surface area contributed by atoms with Gasteiger partial charge in [-0.15, -0.1) is 0 Å². The summed E-state index contributed by atoms with van der Waals surface area (Å²) in [4.78, 5) is 25.0. The normalized spacial score (nSPS) is 17.1. The summed E-state index contributed by atoms with van der Waals surface area (Å²) in [7, 11) is 0. The average molecular weight is 313 g/mol. The van der Waals surface area contributed by atoms with Gasteiger partial charge in [0.2, 0.25) is 5.91 Å². The van der Waals surface area contributed by atoms with Crippen LogP contribution in [0.4, 0.5) is 10.5 Å². The Bertz CT molecular complexity index is 681. The molecule has 7 heteroatoms. The van der Waals surface area contributed by atoms with E-state index >= 15 is 0 Å². The van der Waals surface area contributed by atoms with Crippen molar-refractivity contribution in [1.82, 2.24) is 20.4 Å². The maximum absolute atomic E-state index is 12.2. The van der Waals surface area contributed by atoms with Crippen LogP contribution in [0.25, 0.3) is 11.3 Å². The van der Waals surface area contributed by atoms with Crippen LogP contribution in [0.15, 0.2) is 36.5 Å². The molecule has 1 aromatic carbocycles. The zero-order chi connectivity index (χ0) is 16.2. The van der Waals surface area contributed by atoms with Crippen LogP contribution < -0.4 is 10.6 Å². The zero-order valence-corrected chi connectivity index (χ0v) is 12.9. The lowest BCUT2D eigenvalue weighted by Gasteiger charge is -2.17. The summed E-state index contributed by atoms with van der Waals surface area (Å²) in [6.45, 7) is 2.67. The number of benzene rings is 1.